The minimum Gasteiger partial charge on any atom is -0.454 e. The normalized spacial score (nSPS) is 18.9. The van der Waals surface area contributed by atoms with E-state index < -0.39 is 67.4 Å². The summed E-state index contributed by atoms with van der Waals surface area (Å²) in [7, 11) is 0. The van der Waals surface area contributed by atoms with Crippen molar-refractivity contribution >= 4 is 11.9 Å². The Morgan fingerprint density at radius 1 is 0.460 bits per heavy atom. The predicted octanol–water partition coefficient (Wildman–Crippen LogP) is 18.4. The maximum absolute atomic E-state index is 13.5. The highest BCUT2D eigenvalue weighted by Crippen LogP contribution is 2.26. The third-order valence-electron chi connectivity index (χ3n) is 16.2. The van der Waals surface area contributed by atoms with E-state index in [9.17, 15) is 35.1 Å². The number of carbonyl (C=O) groups is 2. The maximum atomic E-state index is 13.5. The van der Waals surface area contributed by atoms with Crippen LogP contribution >= 0.6 is 0 Å². The summed E-state index contributed by atoms with van der Waals surface area (Å²) < 4.78 is 17.7. The number of amides is 1. The molecule has 0 spiro atoms. The van der Waals surface area contributed by atoms with Crippen molar-refractivity contribution in [2.24, 2.45) is 0 Å². The van der Waals surface area contributed by atoms with Crippen molar-refractivity contribution in [3.05, 3.63) is 109 Å². The van der Waals surface area contributed by atoms with Gasteiger partial charge in [-0.2, -0.15) is 0 Å². The van der Waals surface area contributed by atoms with Gasteiger partial charge in [0.15, 0.2) is 12.4 Å². The van der Waals surface area contributed by atoms with Crippen LogP contribution in [0.15, 0.2) is 109 Å². The van der Waals surface area contributed by atoms with Crippen LogP contribution in [0.3, 0.4) is 0 Å². The average molecular weight is 1220 g/mol. The van der Waals surface area contributed by atoms with Gasteiger partial charge in [0.05, 0.1) is 25.4 Å². The molecule has 6 N–H and O–H groups in total. The molecule has 500 valence electrons. The van der Waals surface area contributed by atoms with Crippen LogP contribution in [0.25, 0.3) is 0 Å². The molecule has 87 heavy (non-hydrogen) atoms. The van der Waals surface area contributed by atoms with Crippen molar-refractivity contribution in [2.45, 2.75) is 346 Å². The summed E-state index contributed by atoms with van der Waals surface area (Å²) in [6.07, 6.45) is 75.4. The zero-order valence-corrected chi connectivity index (χ0v) is 55.6. The topological polar surface area (TPSA) is 175 Å². The highest BCUT2D eigenvalue weighted by Gasteiger charge is 2.47. The molecular weight excluding hydrogens is 1090 g/mol. The first-order valence-corrected chi connectivity index (χ1v) is 35.7. The molecule has 0 aromatic heterocycles. The van der Waals surface area contributed by atoms with Gasteiger partial charge in [0.25, 0.3) is 0 Å². The van der Waals surface area contributed by atoms with Crippen molar-refractivity contribution in [1.29, 1.82) is 0 Å². The number of rotatable bonds is 60. The molecule has 11 nitrogen and oxygen atoms in total. The molecule has 1 aliphatic rings. The van der Waals surface area contributed by atoms with Gasteiger partial charge in [-0.15, -0.1) is 0 Å². The SMILES string of the molecule is CC/C=C\C/C=C\C/C=C\C/C=C\C/C=C\C/C=C\CCCCCCCCC(=O)OC1C(OCC(NC(=O)C(O)CCCCCCCCCCCC/C=C\C/C=C\CCCCC)C(O)/C=C/CCCCCCCCCCCCC)OC(CO)C(O)C1O. The maximum Gasteiger partial charge on any atom is 0.306 e. The fourth-order valence-electron chi connectivity index (χ4n) is 10.6. The van der Waals surface area contributed by atoms with Gasteiger partial charge in [-0.05, 0) is 109 Å². The molecule has 0 aromatic rings. The van der Waals surface area contributed by atoms with E-state index in [1.54, 1.807) is 6.08 Å². The summed E-state index contributed by atoms with van der Waals surface area (Å²) >= 11 is 0. The Hall–Kier alpha value is -3.68. The third-order valence-corrected chi connectivity index (χ3v) is 16.2. The molecule has 8 atom stereocenters. The van der Waals surface area contributed by atoms with Crippen LogP contribution in [0.5, 0.6) is 0 Å². The van der Waals surface area contributed by atoms with Crippen molar-refractivity contribution in [3.8, 4) is 0 Å². The van der Waals surface area contributed by atoms with Gasteiger partial charge >= 0.3 is 5.97 Å². The van der Waals surface area contributed by atoms with Gasteiger partial charge in [-0.1, -0.05) is 291 Å². The van der Waals surface area contributed by atoms with Crippen molar-refractivity contribution in [1.82, 2.24) is 5.32 Å². The molecule has 1 rings (SSSR count). The zero-order chi connectivity index (χ0) is 63.1. The van der Waals surface area contributed by atoms with Crippen molar-refractivity contribution in [3.63, 3.8) is 0 Å². The van der Waals surface area contributed by atoms with E-state index >= 15 is 0 Å². The minimum atomic E-state index is -1.63. The fraction of sp³-hybridized carbons (Fsp3) is 0.737. The summed E-state index contributed by atoms with van der Waals surface area (Å²) in [5.41, 5.74) is 0. The smallest absolute Gasteiger partial charge is 0.306 e. The highest BCUT2D eigenvalue weighted by atomic mass is 16.7. The number of unbranched alkanes of at least 4 members (excludes halogenated alkanes) is 30. The van der Waals surface area contributed by atoms with E-state index in [-0.39, 0.29) is 19.4 Å². The minimum absolute atomic E-state index is 0.101. The number of nitrogens with one attached hydrogen (secondary N) is 1. The largest absolute Gasteiger partial charge is 0.454 e. The fourth-order valence-corrected chi connectivity index (χ4v) is 10.6. The van der Waals surface area contributed by atoms with Crippen molar-refractivity contribution in [2.75, 3.05) is 13.2 Å². The number of hydrogen-bond acceptors (Lipinski definition) is 10. The predicted molar refractivity (Wildman–Crippen MR) is 365 cm³/mol. The van der Waals surface area contributed by atoms with Gasteiger partial charge in [0.2, 0.25) is 5.91 Å². The van der Waals surface area contributed by atoms with E-state index in [0.29, 0.717) is 12.8 Å². The Morgan fingerprint density at radius 3 is 1.26 bits per heavy atom. The van der Waals surface area contributed by atoms with E-state index in [4.69, 9.17) is 14.2 Å². The Morgan fingerprint density at radius 2 is 0.828 bits per heavy atom. The summed E-state index contributed by atoms with van der Waals surface area (Å²) in [6, 6.07) is -1.04. The van der Waals surface area contributed by atoms with E-state index in [1.807, 2.05) is 6.08 Å². The number of allylic oxidation sites excluding steroid dienone is 17. The average Bonchev–Trinajstić information content (AvgIpc) is 2.32. The second-order valence-electron chi connectivity index (χ2n) is 24.2. The first-order chi connectivity index (χ1) is 42.7. The van der Waals surface area contributed by atoms with E-state index in [1.165, 1.54) is 122 Å². The number of aliphatic hydroxyl groups excluding tert-OH is 5. The molecular formula is C76H131NO10. The second-order valence-corrected chi connectivity index (χ2v) is 24.2. The lowest BCUT2D eigenvalue weighted by Gasteiger charge is -2.41. The quantitative estimate of drug-likeness (QED) is 0.0195. The number of aliphatic hydroxyl groups is 5. The van der Waals surface area contributed by atoms with E-state index in [0.717, 1.165) is 128 Å². The van der Waals surface area contributed by atoms with Gasteiger partial charge in [-0.3, -0.25) is 9.59 Å². The van der Waals surface area contributed by atoms with Gasteiger partial charge in [0.1, 0.15) is 24.4 Å². The van der Waals surface area contributed by atoms with Crippen molar-refractivity contribution < 1.29 is 49.3 Å². The molecule has 1 amide bonds. The Bertz CT molecular complexity index is 1830. The third kappa shape index (κ3) is 49.7. The highest BCUT2D eigenvalue weighted by molar-refractivity contribution is 5.80. The summed E-state index contributed by atoms with van der Waals surface area (Å²) in [6.45, 7) is 5.67. The Balaban J connectivity index is 2.61. The van der Waals surface area contributed by atoms with Gasteiger partial charge in [0, 0.05) is 6.42 Å². The van der Waals surface area contributed by atoms with Gasteiger partial charge < -0.3 is 45.1 Å². The molecule has 1 saturated heterocycles. The van der Waals surface area contributed by atoms with Crippen LogP contribution in [-0.2, 0) is 23.8 Å². The Labute approximate surface area is 532 Å². The lowest BCUT2D eigenvalue weighted by atomic mass is 9.99. The zero-order valence-electron chi connectivity index (χ0n) is 55.6. The number of ether oxygens (including phenoxy) is 3. The standard InChI is InChI=1S/C76H131NO10/c1-4-7-10-13-16-19-22-25-27-29-31-33-34-35-36-37-39-41-43-46-49-52-55-58-61-64-71(81)87-74-73(83)72(82)70(65-78)86-76(74)85-66-67(68(79)62-59-56-53-50-47-44-24-21-18-15-12-9-6-3)77-75(84)69(80)63-60-57-54-51-48-45-42-40-38-32-30-28-26-23-20-17-14-11-8-5-2/h7,10,16-17,19-20,25-28,31,33,35-36,39,41,59,62,67-70,72-74,76,78-80,82-83H,4-6,8-9,11-15,18,21-24,29-30,32,34,37-38,40,42-58,60-61,63-66H2,1-3H3,(H,77,84)/b10-7-,19-16-,20-17-,27-25-,28-26-,33-31-,36-35-,41-39-,62-59+. The molecule has 0 saturated carbocycles. The second kappa shape index (κ2) is 62.5. The number of hydrogen-bond donors (Lipinski definition) is 6. The lowest BCUT2D eigenvalue weighted by Crippen LogP contribution is -2.61. The molecule has 1 heterocycles. The van der Waals surface area contributed by atoms with E-state index in [2.05, 4.69) is 123 Å². The summed E-state index contributed by atoms with van der Waals surface area (Å²) in [4.78, 5) is 26.7. The van der Waals surface area contributed by atoms with Crippen LogP contribution in [0.1, 0.15) is 297 Å². The molecule has 1 fully saturated rings. The molecule has 0 aromatic carbocycles. The van der Waals surface area contributed by atoms with Crippen LogP contribution in [0, 0.1) is 0 Å². The first kappa shape index (κ1) is 81.3. The molecule has 0 aliphatic carbocycles. The van der Waals surface area contributed by atoms with Crippen LogP contribution in [-0.4, -0.2) is 99.6 Å². The summed E-state index contributed by atoms with van der Waals surface area (Å²) in [5, 5.41) is 57.3. The number of esters is 1. The molecule has 0 bridgehead atoms. The molecule has 1 aliphatic heterocycles. The van der Waals surface area contributed by atoms with Gasteiger partial charge in [-0.25, -0.2) is 0 Å². The first-order valence-electron chi connectivity index (χ1n) is 35.7. The molecule has 11 heteroatoms. The Kier molecular flexibility index (Phi) is 58.4. The van der Waals surface area contributed by atoms with Crippen LogP contribution in [0.4, 0.5) is 0 Å². The number of carbonyl (C=O) groups excluding carboxylic acids is 2. The lowest BCUT2D eigenvalue weighted by molar-refractivity contribution is -0.305. The van der Waals surface area contributed by atoms with Crippen LogP contribution in [0.2, 0.25) is 0 Å². The molecule has 0 radical (unpaired) electrons. The van der Waals surface area contributed by atoms with Crippen LogP contribution < -0.4 is 5.32 Å². The monoisotopic (exact) mass is 1220 g/mol. The summed E-state index contributed by atoms with van der Waals surface area (Å²) in [5.74, 6) is -1.21. The molecule has 8 unspecified atom stereocenters.